The maximum Gasteiger partial charge on any atom is 0.337 e. The van der Waals surface area contributed by atoms with E-state index in [0.29, 0.717) is 4.47 Å². The standard InChI is InChI=1S/C14H10BrNO5/c15-7-4-5-9(8(6-7)14(20)21)16-13(19)12-10(17)2-1-3-11(12)18/h1-6,17-18H,(H,16,19)(H,20,21). The van der Waals surface area contributed by atoms with E-state index in [-0.39, 0.29) is 16.8 Å². The minimum Gasteiger partial charge on any atom is -0.507 e. The average molecular weight is 352 g/mol. The highest BCUT2D eigenvalue weighted by Gasteiger charge is 2.19. The number of carboxylic acids is 1. The van der Waals surface area contributed by atoms with Crippen molar-refractivity contribution < 1.29 is 24.9 Å². The SMILES string of the molecule is O=C(O)c1cc(Br)ccc1NC(=O)c1c(O)cccc1O. The number of aromatic hydroxyl groups is 2. The fourth-order valence-corrected chi connectivity index (χ4v) is 2.11. The number of carbonyl (C=O) groups excluding carboxylic acids is 1. The topological polar surface area (TPSA) is 107 Å². The van der Waals surface area contributed by atoms with Gasteiger partial charge in [0.05, 0.1) is 11.3 Å². The Bertz CT molecular complexity index is 709. The second-order valence-electron chi connectivity index (χ2n) is 4.12. The van der Waals surface area contributed by atoms with Crippen LogP contribution in [0.25, 0.3) is 0 Å². The predicted octanol–water partition coefficient (Wildman–Crippen LogP) is 2.81. The van der Waals surface area contributed by atoms with Crippen LogP contribution in [0.2, 0.25) is 0 Å². The number of halogens is 1. The van der Waals surface area contributed by atoms with Gasteiger partial charge in [0, 0.05) is 4.47 Å². The third-order valence-corrected chi connectivity index (χ3v) is 3.20. The van der Waals surface area contributed by atoms with Gasteiger partial charge in [0.25, 0.3) is 5.91 Å². The van der Waals surface area contributed by atoms with Gasteiger partial charge in [-0.3, -0.25) is 4.79 Å². The van der Waals surface area contributed by atoms with Crippen molar-refractivity contribution >= 4 is 33.5 Å². The van der Waals surface area contributed by atoms with Crippen LogP contribution in [0.5, 0.6) is 11.5 Å². The molecule has 108 valence electrons. The van der Waals surface area contributed by atoms with Gasteiger partial charge in [-0.05, 0) is 30.3 Å². The largest absolute Gasteiger partial charge is 0.507 e. The van der Waals surface area contributed by atoms with Gasteiger partial charge < -0.3 is 20.6 Å². The number of carboxylic acid groups (broad SMARTS) is 1. The summed E-state index contributed by atoms with van der Waals surface area (Å²) in [6.07, 6.45) is 0. The van der Waals surface area contributed by atoms with Crippen LogP contribution in [0.15, 0.2) is 40.9 Å². The van der Waals surface area contributed by atoms with Crippen molar-refractivity contribution in [3.05, 3.63) is 52.0 Å². The van der Waals surface area contributed by atoms with Crippen LogP contribution in [0, 0.1) is 0 Å². The Morgan fingerprint density at radius 2 is 1.67 bits per heavy atom. The highest BCUT2D eigenvalue weighted by atomic mass is 79.9. The Kier molecular flexibility index (Phi) is 4.13. The first kappa shape index (κ1) is 14.9. The van der Waals surface area contributed by atoms with Crippen molar-refractivity contribution in [1.29, 1.82) is 0 Å². The van der Waals surface area contributed by atoms with Crippen molar-refractivity contribution in [3.8, 4) is 11.5 Å². The second kappa shape index (κ2) is 5.84. The lowest BCUT2D eigenvalue weighted by Crippen LogP contribution is -2.15. The van der Waals surface area contributed by atoms with Crippen LogP contribution in [-0.4, -0.2) is 27.2 Å². The molecule has 0 aliphatic rings. The summed E-state index contributed by atoms with van der Waals surface area (Å²) in [5, 5.41) is 30.7. The van der Waals surface area contributed by atoms with E-state index in [1.165, 1.54) is 30.3 Å². The van der Waals surface area contributed by atoms with Gasteiger partial charge in [0.2, 0.25) is 0 Å². The number of rotatable bonds is 3. The van der Waals surface area contributed by atoms with Crippen molar-refractivity contribution in [2.24, 2.45) is 0 Å². The smallest absolute Gasteiger partial charge is 0.337 e. The molecule has 0 saturated heterocycles. The molecule has 2 aromatic carbocycles. The number of nitrogens with one attached hydrogen (secondary N) is 1. The Morgan fingerprint density at radius 3 is 2.24 bits per heavy atom. The van der Waals surface area contributed by atoms with Gasteiger partial charge in [0.15, 0.2) is 0 Å². The molecular formula is C14H10BrNO5. The molecule has 0 fully saturated rings. The fourth-order valence-electron chi connectivity index (χ4n) is 1.75. The molecule has 1 amide bonds. The highest BCUT2D eigenvalue weighted by molar-refractivity contribution is 9.10. The van der Waals surface area contributed by atoms with Crippen LogP contribution < -0.4 is 5.32 Å². The quantitative estimate of drug-likeness (QED) is 0.680. The molecule has 6 nitrogen and oxygen atoms in total. The Balaban J connectivity index is 2.39. The fraction of sp³-hybridized carbons (Fsp3) is 0. The molecular weight excluding hydrogens is 342 g/mol. The van der Waals surface area contributed by atoms with Crippen LogP contribution in [0.4, 0.5) is 5.69 Å². The number of hydrogen-bond donors (Lipinski definition) is 4. The zero-order valence-electron chi connectivity index (χ0n) is 10.5. The number of hydrogen-bond acceptors (Lipinski definition) is 4. The summed E-state index contributed by atoms with van der Waals surface area (Å²) in [5.74, 6) is -2.83. The monoisotopic (exact) mass is 351 g/mol. The summed E-state index contributed by atoms with van der Waals surface area (Å²) in [7, 11) is 0. The van der Waals surface area contributed by atoms with Crippen LogP contribution in [0.3, 0.4) is 0 Å². The highest BCUT2D eigenvalue weighted by Crippen LogP contribution is 2.28. The minimum atomic E-state index is -1.21. The van der Waals surface area contributed by atoms with Gasteiger partial charge in [0.1, 0.15) is 17.1 Å². The summed E-state index contributed by atoms with van der Waals surface area (Å²) < 4.78 is 0.545. The van der Waals surface area contributed by atoms with Crippen LogP contribution in [0.1, 0.15) is 20.7 Å². The molecule has 0 heterocycles. The van der Waals surface area contributed by atoms with Crippen LogP contribution >= 0.6 is 15.9 Å². The molecule has 2 rings (SSSR count). The van der Waals surface area contributed by atoms with E-state index in [2.05, 4.69) is 21.2 Å². The molecule has 0 aliphatic heterocycles. The lowest BCUT2D eigenvalue weighted by atomic mass is 10.1. The number of phenolic OH excluding ortho intramolecular Hbond substituents is 2. The number of carbonyl (C=O) groups is 2. The zero-order chi connectivity index (χ0) is 15.6. The zero-order valence-corrected chi connectivity index (χ0v) is 12.1. The third-order valence-electron chi connectivity index (χ3n) is 2.71. The van der Waals surface area contributed by atoms with Crippen LogP contribution in [-0.2, 0) is 0 Å². The summed E-state index contributed by atoms with van der Waals surface area (Å²) in [6, 6.07) is 8.17. The lowest BCUT2D eigenvalue weighted by Gasteiger charge is -2.10. The molecule has 0 bridgehead atoms. The van der Waals surface area contributed by atoms with E-state index in [4.69, 9.17) is 5.11 Å². The summed E-state index contributed by atoms with van der Waals surface area (Å²) >= 11 is 3.14. The summed E-state index contributed by atoms with van der Waals surface area (Å²) in [4.78, 5) is 23.2. The first-order chi connectivity index (χ1) is 9.90. The molecule has 4 N–H and O–H groups in total. The van der Waals surface area contributed by atoms with Gasteiger partial charge in [-0.2, -0.15) is 0 Å². The molecule has 0 radical (unpaired) electrons. The van der Waals surface area contributed by atoms with Crippen molar-refractivity contribution in [1.82, 2.24) is 0 Å². The molecule has 0 aliphatic carbocycles. The first-order valence-corrected chi connectivity index (χ1v) is 6.54. The molecule has 0 saturated carbocycles. The van der Waals surface area contributed by atoms with Crippen molar-refractivity contribution in [2.75, 3.05) is 5.32 Å². The average Bonchev–Trinajstić information content (AvgIpc) is 2.40. The van der Waals surface area contributed by atoms with E-state index in [9.17, 15) is 19.8 Å². The number of phenols is 2. The van der Waals surface area contributed by atoms with E-state index in [0.717, 1.165) is 0 Å². The number of amides is 1. The Morgan fingerprint density at radius 1 is 1.05 bits per heavy atom. The van der Waals surface area contributed by atoms with E-state index in [1.807, 2.05) is 0 Å². The number of aromatic carboxylic acids is 1. The normalized spacial score (nSPS) is 10.1. The van der Waals surface area contributed by atoms with Crippen molar-refractivity contribution in [2.45, 2.75) is 0 Å². The number of anilines is 1. The van der Waals surface area contributed by atoms with E-state index in [1.54, 1.807) is 6.07 Å². The molecule has 0 aromatic heterocycles. The predicted molar refractivity (Wildman–Crippen MR) is 78.8 cm³/mol. The maximum absolute atomic E-state index is 12.1. The summed E-state index contributed by atoms with van der Waals surface area (Å²) in [6.45, 7) is 0. The molecule has 0 atom stereocenters. The molecule has 0 spiro atoms. The lowest BCUT2D eigenvalue weighted by molar-refractivity contribution is 0.0698. The first-order valence-electron chi connectivity index (χ1n) is 5.75. The second-order valence-corrected chi connectivity index (χ2v) is 5.04. The molecule has 0 unspecified atom stereocenters. The van der Waals surface area contributed by atoms with E-state index < -0.39 is 23.4 Å². The summed E-state index contributed by atoms with van der Waals surface area (Å²) in [5.41, 5.74) is -0.386. The van der Waals surface area contributed by atoms with Crippen molar-refractivity contribution in [3.63, 3.8) is 0 Å². The Hall–Kier alpha value is -2.54. The van der Waals surface area contributed by atoms with Gasteiger partial charge >= 0.3 is 5.97 Å². The maximum atomic E-state index is 12.1. The van der Waals surface area contributed by atoms with E-state index >= 15 is 0 Å². The minimum absolute atomic E-state index is 0.0540. The Labute approximate surface area is 127 Å². The molecule has 7 heteroatoms. The number of benzene rings is 2. The van der Waals surface area contributed by atoms with Gasteiger partial charge in [-0.15, -0.1) is 0 Å². The van der Waals surface area contributed by atoms with Gasteiger partial charge in [-0.1, -0.05) is 22.0 Å². The molecule has 2 aromatic rings. The third kappa shape index (κ3) is 3.14. The van der Waals surface area contributed by atoms with Gasteiger partial charge in [-0.25, -0.2) is 4.79 Å². The molecule has 21 heavy (non-hydrogen) atoms.